The molecule has 0 aromatic rings. The molecule has 0 saturated heterocycles. The van der Waals surface area contributed by atoms with Crippen LogP contribution in [0.25, 0.3) is 0 Å². The lowest BCUT2D eigenvalue weighted by Gasteiger charge is -2.58. The monoisotopic (exact) mass is 570 g/mol. The van der Waals surface area contributed by atoms with Gasteiger partial charge in [0.15, 0.2) is 0 Å². The third kappa shape index (κ3) is 8.42. The molecule has 228 valence electrons. The summed E-state index contributed by atoms with van der Waals surface area (Å²) in [6.45, 7) is 13.2. The van der Waals surface area contributed by atoms with E-state index in [9.17, 15) is 9.67 Å². The number of likely N-dealkylation sites (N-methyl/N-ethyl adjacent to an activating group) is 1. The number of fused-ring (bicyclic) bond motifs is 5. The molecule has 0 bridgehead atoms. The van der Waals surface area contributed by atoms with E-state index in [-0.39, 0.29) is 12.7 Å². The first kappa shape index (κ1) is 33.3. The second kappa shape index (κ2) is 13.0. The fourth-order valence-corrected chi connectivity index (χ4v) is 9.42. The van der Waals surface area contributed by atoms with Crippen LogP contribution in [0.5, 0.6) is 0 Å². The summed E-state index contributed by atoms with van der Waals surface area (Å²) in [5, 5.41) is 10.2. The van der Waals surface area contributed by atoms with Gasteiger partial charge in [0.25, 0.3) is 0 Å². The van der Waals surface area contributed by atoms with E-state index < -0.39 is 7.82 Å². The fraction of sp³-hybridized carbons (Fsp3) is 0.938. The third-order valence-electron chi connectivity index (χ3n) is 11.3. The number of aliphatic hydroxyl groups is 1. The Morgan fingerprint density at radius 2 is 1.72 bits per heavy atom. The van der Waals surface area contributed by atoms with Crippen molar-refractivity contribution >= 4 is 7.82 Å². The highest BCUT2D eigenvalue weighted by Crippen LogP contribution is 2.67. The minimum atomic E-state index is -4.26. The summed E-state index contributed by atoms with van der Waals surface area (Å²) in [4.78, 5) is 16.6. The highest BCUT2D eigenvalue weighted by Gasteiger charge is 2.59. The first-order valence-corrected chi connectivity index (χ1v) is 17.4. The van der Waals surface area contributed by atoms with Crippen molar-refractivity contribution in [3.63, 3.8) is 0 Å². The van der Waals surface area contributed by atoms with Crippen LogP contribution in [-0.4, -0.2) is 59.8 Å². The minimum absolute atomic E-state index is 0.0766. The maximum absolute atomic E-state index is 10.2. The second-order valence-corrected chi connectivity index (χ2v) is 16.8. The maximum atomic E-state index is 10.2. The van der Waals surface area contributed by atoms with Crippen molar-refractivity contribution in [3.05, 3.63) is 11.6 Å². The van der Waals surface area contributed by atoms with Gasteiger partial charge in [0, 0.05) is 0 Å². The SMILES string of the molecule is CC(C)CCC[C@@H](C)[C@H]1CC[C@H]2[C@@H]3CC=C4C[C@@H](O)CC[C@]4(C)[C@H]3CC[C@]12C.C[N+](C)(C)CCOP(=O)(O)O. The van der Waals surface area contributed by atoms with E-state index in [1.165, 1.54) is 57.8 Å². The van der Waals surface area contributed by atoms with Crippen molar-refractivity contribution in [2.75, 3.05) is 34.3 Å². The van der Waals surface area contributed by atoms with Crippen LogP contribution in [-0.2, 0) is 9.09 Å². The van der Waals surface area contributed by atoms with Gasteiger partial charge in [0.05, 0.1) is 27.2 Å². The fourth-order valence-electron chi connectivity index (χ4n) is 9.10. The van der Waals surface area contributed by atoms with Crippen LogP contribution in [0.3, 0.4) is 0 Å². The van der Waals surface area contributed by atoms with E-state index in [1.807, 2.05) is 21.1 Å². The molecule has 3 saturated carbocycles. The van der Waals surface area contributed by atoms with E-state index in [0.717, 1.165) is 48.3 Å². The molecule has 8 atom stereocenters. The van der Waals surface area contributed by atoms with E-state index >= 15 is 0 Å². The number of rotatable bonds is 9. The number of phosphoric ester groups is 1. The van der Waals surface area contributed by atoms with Gasteiger partial charge in [-0.25, -0.2) is 4.57 Å². The Bertz CT molecular complexity index is 878. The maximum Gasteiger partial charge on any atom is 0.469 e. The summed E-state index contributed by atoms with van der Waals surface area (Å²) >= 11 is 0. The molecule has 3 fully saturated rings. The van der Waals surface area contributed by atoms with Crippen LogP contribution < -0.4 is 0 Å². The minimum Gasteiger partial charge on any atom is -0.393 e. The number of allylic oxidation sites excluding steroid dienone is 1. The molecule has 0 radical (unpaired) electrons. The predicted octanol–water partition coefficient (Wildman–Crippen LogP) is 7.19. The zero-order valence-electron chi connectivity index (χ0n) is 26.4. The lowest BCUT2D eigenvalue weighted by molar-refractivity contribution is -0.870. The molecule has 4 rings (SSSR count). The molecule has 0 unspecified atom stereocenters. The number of nitrogens with zero attached hydrogens (tertiary/aromatic N) is 1. The Hall–Kier alpha value is -0.230. The average Bonchev–Trinajstić information content (AvgIpc) is 3.15. The van der Waals surface area contributed by atoms with Gasteiger partial charge >= 0.3 is 7.82 Å². The molecule has 0 amide bonds. The summed E-state index contributed by atoms with van der Waals surface area (Å²) in [5.41, 5.74) is 2.60. The highest BCUT2D eigenvalue weighted by atomic mass is 31.2. The number of aliphatic hydroxyl groups excluding tert-OH is 1. The van der Waals surface area contributed by atoms with E-state index in [2.05, 4.69) is 45.2 Å². The molecular weight excluding hydrogens is 509 g/mol. The zero-order valence-corrected chi connectivity index (χ0v) is 27.3. The summed E-state index contributed by atoms with van der Waals surface area (Å²) in [6, 6.07) is 0. The molecule has 0 spiro atoms. The van der Waals surface area contributed by atoms with Crippen LogP contribution in [0.4, 0.5) is 0 Å². The number of quaternary nitrogens is 1. The Morgan fingerprint density at radius 3 is 2.33 bits per heavy atom. The second-order valence-electron chi connectivity index (χ2n) is 15.5. The molecule has 0 aromatic heterocycles. The Morgan fingerprint density at radius 1 is 1.03 bits per heavy atom. The summed E-state index contributed by atoms with van der Waals surface area (Å²) in [5.74, 6) is 5.46. The molecule has 0 aromatic carbocycles. The van der Waals surface area contributed by atoms with E-state index in [4.69, 9.17) is 9.79 Å². The standard InChI is InChI=1S/C27H46O.C5H14NO4P/c1-18(2)7-6-8-19(3)23-11-12-24-22-10-9-20-17-21(28)13-15-26(20,4)25(22)14-16-27(23,24)5;1-6(2,3)4-5-10-11(7,8)9/h9,18-19,21-25,28H,6-8,10-17H2,1-5H3;4-5H2,1-3H3,(H-,7,8,9)/p+1/t19-,21+,22+,23-,24+,25+,26+,27-;/m1./s1. The van der Waals surface area contributed by atoms with E-state index in [1.54, 1.807) is 5.57 Å². The topological polar surface area (TPSA) is 87.0 Å². The van der Waals surface area contributed by atoms with Gasteiger partial charge < -0.3 is 19.4 Å². The first-order chi connectivity index (χ1) is 18.0. The van der Waals surface area contributed by atoms with Crippen LogP contribution in [0.15, 0.2) is 11.6 Å². The molecule has 4 aliphatic rings. The molecule has 0 aliphatic heterocycles. The van der Waals surface area contributed by atoms with Crippen LogP contribution in [0.2, 0.25) is 0 Å². The van der Waals surface area contributed by atoms with Crippen molar-refractivity contribution in [2.45, 2.75) is 111 Å². The van der Waals surface area contributed by atoms with Gasteiger partial charge in [-0.05, 0) is 97.7 Å². The van der Waals surface area contributed by atoms with Gasteiger partial charge in [-0.15, -0.1) is 0 Å². The quantitative estimate of drug-likeness (QED) is 0.155. The van der Waals surface area contributed by atoms with Crippen molar-refractivity contribution in [1.29, 1.82) is 0 Å². The summed E-state index contributed by atoms with van der Waals surface area (Å²) in [6.07, 6.45) is 17.2. The molecule has 0 heterocycles. The molecule has 7 heteroatoms. The lowest BCUT2D eigenvalue weighted by Crippen LogP contribution is -2.50. The lowest BCUT2D eigenvalue weighted by atomic mass is 9.47. The highest BCUT2D eigenvalue weighted by molar-refractivity contribution is 7.46. The number of phosphoric acid groups is 1. The molecule has 3 N–H and O–H groups in total. The predicted molar refractivity (Wildman–Crippen MR) is 160 cm³/mol. The largest absolute Gasteiger partial charge is 0.469 e. The average molecular weight is 571 g/mol. The van der Waals surface area contributed by atoms with Crippen molar-refractivity contribution in [3.8, 4) is 0 Å². The summed E-state index contributed by atoms with van der Waals surface area (Å²) < 4.78 is 15.1. The van der Waals surface area contributed by atoms with Crippen LogP contribution in [0, 0.1) is 46.3 Å². The van der Waals surface area contributed by atoms with E-state index in [0.29, 0.717) is 21.9 Å². The number of hydrogen-bond donors (Lipinski definition) is 3. The third-order valence-corrected chi connectivity index (χ3v) is 11.8. The normalized spacial score (nSPS) is 37.2. The molecular formula is C32H61NO5P+. The van der Waals surface area contributed by atoms with Gasteiger partial charge in [0.2, 0.25) is 0 Å². The van der Waals surface area contributed by atoms with Crippen molar-refractivity contribution in [1.82, 2.24) is 0 Å². The number of hydrogen-bond acceptors (Lipinski definition) is 3. The smallest absolute Gasteiger partial charge is 0.393 e. The van der Waals surface area contributed by atoms with Crippen LogP contribution >= 0.6 is 7.82 Å². The summed E-state index contributed by atoms with van der Waals surface area (Å²) in [7, 11) is 1.50. The van der Waals surface area contributed by atoms with Gasteiger partial charge in [0.1, 0.15) is 13.2 Å². The Labute approximate surface area is 239 Å². The van der Waals surface area contributed by atoms with Gasteiger partial charge in [-0.2, -0.15) is 0 Å². The van der Waals surface area contributed by atoms with Crippen molar-refractivity contribution in [2.24, 2.45) is 46.3 Å². The Balaban J connectivity index is 0.000000325. The molecule has 4 aliphatic carbocycles. The van der Waals surface area contributed by atoms with Gasteiger partial charge in [-0.3, -0.25) is 4.52 Å². The van der Waals surface area contributed by atoms with Crippen LogP contribution in [0.1, 0.15) is 105 Å². The molecule has 6 nitrogen and oxygen atoms in total. The zero-order chi connectivity index (χ0) is 29.2. The molecule has 39 heavy (non-hydrogen) atoms. The van der Waals surface area contributed by atoms with Crippen molar-refractivity contribution < 1.29 is 28.5 Å². The Kier molecular flexibility index (Phi) is 11.1. The van der Waals surface area contributed by atoms with Gasteiger partial charge in [-0.1, -0.05) is 65.5 Å². The first-order valence-electron chi connectivity index (χ1n) is 15.8.